The Balaban J connectivity index is 1.69. The molecule has 23 heavy (non-hydrogen) atoms. The third kappa shape index (κ3) is 3.96. The van der Waals surface area contributed by atoms with Crippen molar-refractivity contribution >= 4 is 28.9 Å². The molecule has 3 rings (SSSR count). The average Bonchev–Trinajstić information content (AvgIpc) is 2.91. The predicted octanol–water partition coefficient (Wildman–Crippen LogP) is 3.79. The topological polar surface area (TPSA) is 41.9 Å². The average molecular weight is 330 g/mol. The number of amidine groups is 1. The number of aliphatic imine (C=N–C) groups is 1. The van der Waals surface area contributed by atoms with E-state index in [-0.39, 0.29) is 5.91 Å². The highest BCUT2D eigenvalue weighted by Gasteiger charge is 2.28. The molecule has 122 valence electrons. The Labute approximate surface area is 141 Å². The van der Waals surface area contributed by atoms with Gasteiger partial charge in [-0.1, -0.05) is 19.1 Å². The lowest BCUT2D eigenvalue weighted by atomic mass is 10.0. The van der Waals surface area contributed by atoms with E-state index >= 15 is 0 Å². The SMILES string of the molecule is CCOc1ccc(/C=C2\SC(N3CCC[C@@H](C)C3)=NC2=O)cc1. The van der Waals surface area contributed by atoms with Crippen LogP contribution in [-0.4, -0.2) is 35.7 Å². The second-order valence-corrected chi connectivity index (χ2v) is 7.01. The molecule has 0 radical (unpaired) electrons. The first-order chi connectivity index (χ1) is 11.2. The molecule has 1 amide bonds. The molecule has 0 aliphatic carbocycles. The zero-order valence-electron chi connectivity index (χ0n) is 13.6. The van der Waals surface area contributed by atoms with Crippen molar-refractivity contribution in [2.75, 3.05) is 19.7 Å². The molecule has 5 heteroatoms. The molecule has 1 aromatic carbocycles. The van der Waals surface area contributed by atoms with Crippen molar-refractivity contribution in [3.8, 4) is 5.75 Å². The van der Waals surface area contributed by atoms with Gasteiger partial charge in [0.1, 0.15) is 5.75 Å². The molecule has 0 unspecified atom stereocenters. The van der Waals surface area contributed by atoms with Gasteiger partial charge in [-0.2, -0.15) is 4.99 Å². The summed E-state index contributed by atoms with van der Waals surface area (Å²) in [5, 5.41) is 0.860. The van der Waals surface area contributed by atoms with Crippen molar-refractivity contribution in [1.29, 1.82) is 0 Å². The standard InChI is InChI=1S/C18H22N2O2S/c1-3-22-15-8-6-14(7-9-15)11-16-17(21)19-18(23-16)20-10-4-5-13(2)12-20/h6-9,11,13H,3-5,10,12H2,1-2H3/b16-11-/t13-/m1/s1. The molecule has 1 saturated heterocycles. The molecule has 0 aromatic heterocycles. The van der Waals surface area contributed by atoms with Crippen molar-refractivity contribution in [1.82, 2.24) is 4.90 Å². The first-order valence-electron chi connectivity index (χ1n) is 8.16. The smallest absolute Gasteiger partial charge is 0.286 e. The Morgan fingerprint density at radius 2 is 2.17 bits per heavy atom. The summed E-state index contributed by atoms with van der Waals surface area (Å²) >= 11 is 1.49. The summed E-state index contributed by atoms with van der Waals surface area (Å²) in [4.78, 5) is 19.3. The van der Waals surface area contributed by atoms with Crippen LogP contribution in [0.1, 0.15) is 32.3 Å². The van der Waals surface area contributed by atoms with Gasteiger partial charge in [0, 0.05) is 13.1 Å². The van der Waals surface area contributed by atoms with E-state index < -0.39 is 0 Å². The fraction of sp³-hybridized carbons (Fsp3) is 0.444. The van der Waals surface area contributed by atoms with E-state index in [1.54, 1.807) is 0 Å². The number of thioether (sulfide) groups is 1. The molecule has 1 fully saturated rings. The van der Waals surface area contributed by atoms with Gasteiger partial charge in [0.25, 0.3) is 5.91 Å². The molecule has 2 aliphatic rings. The van der Waals surface area contributed by atoms with Crippen LogP contribution in [0, 0.1) is 5.92 Å². The van der Waals surface area contributed by atoms with E-state index in [1.807, 2.05) is 37.3 Å². The van der Waals surface area contributed by atoms with Gasteiger partial charge in [0.15, 0.2) is 5.17 Å². The maximum atomic E-state index is 12.2. The van der Waals surface area contributed by atoms with Crippen LogP contribution in [0.25, 0.3) is 6.08 Å². The van der Waals surface area contributed by atoms with Crippen LogP contribution in [-0.2, 0) is 4.79 Å². The van der Waals surface area contributed by atoms with E-state index in [2.05, 4.69) is 16.8 Å². The van der Waals surface area contributed by atoms with Crippen LogP contribution >= 0.6 is 11.8 Å². The van der Waals surface area contributed by atoms with Gasteiger partial charge in [-0.05, 0) is 61.2 Å². The number of benzene rings is 1. The zero-order chi connectivity index (χ0) is 16.2. The van der Waals surface area contributed by atoms with Crippen molar-refractivity contribution in [3.05, 3.63) is 34.7 Å². The summed E-state index contributed by atoms with van der Waals surface area (Å²) in [6, 6.07) is 7.78. The fourth-order valence-corrected chi connectivity index (χ4v) is 3.82. The first-order valence-corrected chi connectivity index (χ1v) is 8.97. The van der Waals surface area contributed by atoms with Crippen LogP contribution in [0.4, 0.5) is 0 Å². The Morgan fingerprint density at radius 3 is 2.87 bits per heavy atom. The molecule has 1 atom stereocenters. The quantitative estimate of drug-likeness (QED) is 0.791. The van der Waals surface area contributed by atoms with Gasteiger partial charge in [0.2, 0.25) is 0 Å². The number of likely N-dealkylation sites (tertiary alicyclic amines) is 1. The minimum absolute atomic E-state index is 0.128. The lowest BCUT2D eigenvalue weighted by Crippen LogP contribution is -2.37. The minimum atomic E-state index is -0.128. The van der Waals surface area contributed by atoms with Gasteiger partial charge in [-0.15, -0.1) is 0 Å². The normalized spacial score (nSPS) is 23.3. The maximum absolute atomic E-state index is 12.2. The molecular weight excluding hydrogens is 308 g/mol. The highest BCUT2D eigenvalue weighted by atomic mass is 32.2. The number of hydrogen-bond acceptors (Lipinski definition) is 4. The number of hydrogen-bond donors (Lipinski definition) is 0. The van der Waals surface area contributed by atoms with Gasteiger partial charge < -0.3 is 9.64 Å². The molecule has 0 N–H and O–H groups in total. The van der Waals surface area contributed by atoms with Crippen molar-refractivity contribution in [2.24, 2.45) is 10.9 Å². The van der Waals surface area contributed by atoms with E-state index in [0.717, 1.165) is 29.6 Å². The summed E-state index contributed by atoms with van der Waals surface area (Å²) in [5.74, 6) is 1.39. The van der Waals surface area contributed by atoms with Crippen LogP contribution in [0.3, 0.4) is 0 Å². The van der Waals surface area contributed by atoms with Gasteiger partial charge in [0.05, 0.1) is 11.5 Å². The second-order valence-electron chi connectivity index (χ2n) is 6.01. The molecule has 1 aromatic rings. The monoisotopic (exact) mass is 330 g/mol. The number of piperidine rings is 1. The molecule has 0 bridgehead atoms. The van der Waals surface area contributed by atoms with Crippen LogP contribution in [0.15, 0.2) is 34.2 Å². The van der Waals surface area contributed by atoms with Crippen molar-refractivity contribution in [3.63, 3.8) is 0 Å². The Kier molecular flexibility index (Phi) is 5.06. The summed E-state index contributed by atoms with van der Waals surface area (Å²) in [6.07, 6.45) is 4.34. The number of ether oxygens (including phenoxy) is 1. The largest absolute Gasteiger partial charge is 0.494 e. The van der Waals surface area contributed by atoms with E-state index in [9.17, 15) is 4.79 Å². The second kappa shape index (κ2) is 7.21. The zero-order valence-corrected chi connectivity index (χ0v) is 14.4. The molecule has 0 saturated carbocycles. The van der Waals surface area contributed by atoms with Crippen LogP contribution in [0.5, 0.6) is 5.75 Å². The van der Waals surface area contributed by atoms with Crippen molar-refractivity contribution in [2.45, 2.75) is 26.7 Å². The summed E-state index contributed by atoms with van der Waals surface area (Å²) < 4.78 is 5.44. The third-order valence-electron chi connectivity index (χ3n) is 4.03. The summed E-state index contributed by atoms with van der Waals surface area (Å²) in [5.41, 5.74) is 0.993. The maximum Gasteiger partial charge on any atom is 0.286 e. The van der Waals surface area contributed by atoms with Gasteiger partial charge in [-0.3, -0.25) is 4.79 Å². The van der Waals surface area contributed by atoms with E-state index in [1.165, 1.54) is 24.6 Å². The lowest BCUT2D eigenvalue weighted by Gasteiger charge is -2.31. The van der Waals surface area contributed by atoms with Gasteiger partial charge >= 0.3 is 0 Å². The molecule has 2 aliphatic heterocycles. The third-order valence-corrected chi connectivity index (χ3v) is 5.07. The van der Waals surface area contributed by atoms with Gasteiger partial charge in [-0.25, -0.2) is 0 Å². The number of carbonyl (C=O) groups is 1. The van der Waals surface area contributed by atoms with E-state index in [4.69, 9.17) is 4.74 Å². The molecule has 2 heterocycles. The van der Waals surface area contributed by atoms with Crippen LogP contribution < -0.4 is 4.74 Å². The Morgan fingerprint density at radius 1 is 1.39 bits per heavy atom. The molecular formula is C18H22N2O2S. The highest BCUT2D eigenvalue weighted by molar-refractivity contribution is 8.18. The van der Waals surface area contributed by atoms with Crippen LogP contribution in [0.2, 0.25) is 0 Å². The predicted molar refractivity (Wildman–Crippen MR) is 95.6 cm³/mol. The summed E-state index contributed by atoms with van der Waals surface area (Å²) in [7, 11) is 0. The number of carbonyl (C=O) groups excluding carboxylic acids is 1. The number of rotatable bonds is 3. The number of amides is 1. The lowest BCUT2D eigenvalue weighted by molar-refractivity contribution is -0.113. The highest BCUT2D eigenvalue weighted by Crippen LogP contribution is 2.32. The fourth-order valence-electron chi connectivity index (χ4n) is 2.87. The summed E-state index contributed by atoms with van der Waals surface area (Å²) in [6.45, 7) is 6.87. The molecule has 0 spiro atoms. The van der Waals surface area contributed by atoms with E-state index in [0.29, 0.717) is 17.4 Å². The first kappa shape index (κ1) is 16.1. The minimum Gasteiger partial charge on any atom is -0.494 e. The molecule has 4 nitrogen and oxygen atoms in total. The Bertz CT molecular complexity index is 637. The number of nitrogens with zero attached hydrogens (tertiary/aromatic N) is 2. The Hall–Kier alpha value is -1.75. The van der Waals surface area contributed by atoms with Crippen molar-refractivity contribution < 1.29 is 9.53 Å².